The van der Waals surface area contributed by atoms with Gasteiger partial charge in [-0.15, -0.1) is 0 Å². The Kier molecular flexibility index (Phi) is 4.24. The zero-order valence-corrected chi connectivity index (χ0v) is 13.8. The van der Waals surface area contributed by atoms with Crippen molar-refractivity contribution in [3.05, 3.63) is 75.9 Å². The molecule has 4 heteroatoms. The number of benzene rings is 2. The second-order valence-corrected chi connectivity index (χ2v) is 5.89. The zero-order valence-electron chi connectivity index (χ0n) is 11.4. The Morgan fingerprint density at radius 2 is 1.64 bits per heavy atom. The van der Waals surface area contributed by atoms with Crippen LogP contribution in [-0.4, -0.2) is 4.98 Å². The summed E-state index contributed by atoms with van der Waals surface area (Å²) >= 11 is 9.35. The molecule has 0 aliphatic carbocycles. The smallest absolute Gasteiger partial charge is 0.125 e. The summed E-state index contributed by atoms with van der Waals surface area (Å²) in [6.07, 6.45) is 0. The van der Waals surface area contributed by atoms with Crippen LogP contribution in [0, 0.1) is 11.3 Å². The minimum Gasteiger partial charge on any atom is -0.239 e. The highest BCUT2D eigenvalue weighted by molar-refractivity contribution is 9.10. The Morgan fingerprint density at radius 1 is 0.955 bits per heavy atom. The van der Waals surface area contributed by atoms with Crippen molar-refractivity contribution >= 4 is 27.5 Å². The minimum absolute atomic E-state index is 0.516. The topological polar surface area (TPSA) is 36.7 Å². The summed E-state index contributed by atoms with van der Waals surface area (Å²) in [6, 6.07) is 21.5. The lowest BCUT2D eigenvalue weighted by molar-refractivity contribution is 1.25. The Labute approximate surface area is 142 Å². The van der Waals surface area contributed by atoms with Gasteiger partial charge >= 0.3 is 0 Å². The molecule has 0 bridgehead atoms. The predicted molar refractivity (Wildman–Crippen MR) is 92.5 cm³/mol. The summed E-state index contributed by atoms with van der Waals surface area (Å²) < 4.78 is 0.543. The normalized spacial score (nSPS) is 10.2. The molecule has 2 aromatic carbocycles. The van der Waals surface area contributed by atoms with Crippen LogP contribution in [0.25, 0.3) is 22.4 Å². The minimum atomic E-state index is 0.516. The predicted octanol–water partition coefficient (Wildman–Crippen LogP) is 5.70. The third kappa shape index (κ3) is 2.89. The molecule has 0 saturated carbocycles. The van der Waals surface area contributed by atoms with E-state index in [0.717, 1.165) is 22.4 Å². The van der Waals surface area contributed by atoms with Crippen molar-refractivity contribution in [1.82, 2.24) is 4.98 Å². The van der Waals surface area contributed by atoms with Gasteiger partial charge in [-0.3, -0.25) is 0 Å². The lowest BCUT2D eigenvalue weighted by Crippen LogP contribution is -1.93. The van der Waals surface area contributed by atoms with Gasteiger partial charge in [-0.05, 0) is 39.7 Å². The summed E-state index contributed by atoms with van der Waals surface area (Å²) in [5.74, 6) is 0. The number of aromatic nitrogens is 1. The first-order valence-corrected chi connectivity index (χ1v) is 7.78. The zero-order chi connectivity index (χ0) is 15.5. The van der Waals surface area contributed by atoms with E-state index >= 15 is 0 Å². The Bertz CT molecular complexity index is 853. The van der Waals surface area contributed by atoms with Gasteiger partial charge in [-0.25, -0.2) is 4.98 Å². The molecule has 0 amide bonds. The third-order valence-electron chi connectivity index (χ3n) is 3.31. The van der Waals surface area contributed by atoms with Crippen LogP contribution < -0.4 is 0 Å². The Morgan fingerprint density at radius 3 is 2.27 bits per heavy atom. The fraction of sp³-hybridized carbons (Fsp3) is 0. The van der Waals surface area contributed by atoms with E-state index in [2.05, 4.69) is 27.0 Å². The number of nitriles is 1. The van der Waals surface area contributed by atoms with Crippen molar-refractivity contribution < 1.29 is 0 Å². The molecule has 0 atom stereocenters. The SMILES string of the molecule is N#Cc1c(-c2ccc(Cl)cc2)cc(-c2ccccc2)nc1Br. The van der Waals surface area contributed by atoms with E-state index in [4.69, 9.17) is 11.6 Å². The first kappa shape index (κ1) is 14.8. The molecule has 0 aliphatic rings. The van der Waals surface area contributed by atoms with Crippen LogP contribution in [0.2, 0.25) is 5.02 Å². The van der Waals surface area contributed by atoms with Crippen molar-refractivity contribution in [2.45, 2.75) is 0 Å². The molecule has 106 valence electrons. The van der Waals surface area contributed by atoms with E-state index in [1.165, 1.54) is 0 Å². The molecule has 0 radical (unpaired) electrons. The van der Waals surface area contributed by atoms with Crippen LogP contribution in [-0.2, 0) is 0 Å². The highest BCUT2D eigenvalue weighted by atomic mass is 79.9. The molecule has 22 heavy (non-hydrogen) atoms. The van der Waals surface area contributed by atoms with Crippen LogP contribution in [0.3, 0.4) is 0 Å². The van der Waals surface area contributed by atoms with Gasteiger partial charge in [-0.1, -0.05) is 54.1 Å². The molecule has 3 aromatic rings. The average molecular weight is 370 g/mol. The number of hydrogen-bond acceptors (Lipinski definition) is 2. The summed E-state index contributed by atoms with van der Waals surface area (Å²) in [6.45, 7) is 0. The first-order valence-electron chi connectivity index (χ1n) is 6.61. The van der Waals surface area contributed by atoms with Crippen molar-refractivity contribution in [3.63, 3.8) is 0 Å². The van der Waals surface area contributed by atoms with Crippen molar-refractivity contribution in [2.75, 3.05) is 0 Å². The van der Waals surface area contributed by atoms with Gasteiger partial charge in [0.2, 0.25) is 0 Å². The van der Waals surface area contributed by atoms with Crippen LogP contribution in [0.4, 0.5) is 0 Å². The lowest BCUT2D eigenvalue weighted by Gasteiger charge is -2.10. The second-order valence-electron chi connectivity index (χ2n) is 4.71. The van der Waals surface area contributed by atoms with Gasteiger partial charge in [0.25, 0.3) is 0 Å². The molecule has 0 fully saturated rings. The molecule has 2 nitrogen and oxygen atoms in total. The molecular formula is C18H10BrClN2. The average Bonchev–Trinajstić information content (AvgIpc) is 2.55. The van der Waals surface area contributed by atoms with Crippen LogP contribution in [0.5, 0.6) is 0 Å². The standard InChI is InChI=1S/C18H10BrClN2/c19-18-16(11-21)15(12-6-8-14(20)9-7-12)10-17(22-18)13-4-2-1-3-5-13/h1-10H. The number of pyridine rings is 1. The summed E-state index contributed by atoms with van der Waals surface area (Å²) in [7, 11) is 0. The Balaban J connectivity index is 2.22. The molecule has 0 aliphatic heterocycles. The van der Waals surface area contributed by atoms with Gasteiger partial charge in [0.1, 0.15) is 10.7 Å². The van der Waals surface area contributed by atoms with E-state index in [9.17, 15) is 5.26 Å². The number of nitrogens with zero attached hydrogens (tertiary/aromatic N) is 2. The fourth-order valence-corrected chi connectivity index (χ4v) is 2.85. The number of halogens is 2. The van der Waals surface area contributed by atoms with Gasteiger partial charge in [0.15, 0.2) is 0 Å². The molecule has 3 rings (SSSR count). The number of hydrogen-bond donors (Lipinski definition) is 0. The third-order valence-corrected chi connectivity index (χ3v) is 4.14. The summed E-state index contributed by atoms with van der Waals surface area (Å²) in [5.41, 5.74) is 4.10. The van der Waals surface area contributed by atoms with Crippen LogP contribution in [0.1, 0.15) is 5.56 Å². The van der Waals surface area contributed by atoms with E-state index in [1.807, 2.05) is 60.7 Å². The molecular weight excluding hydrogens is 360 g/mol. The molecule has 0 unspecified atom stereocenters. The van der Waals surface area contributed by atoms with E-state index in [0.29, 0.717) is 15.2 Å². The van der Waals surface area contributed by atoms with Gasteiger partial charge in [0, 0.05) is 16.1 Å². The quantitative estimate of drug-likeness (QED) is 0.543. The van der Waals surface area contributed by atoms with Gasteiger partial charge in [0.05, 0.1) is 11.3 Å². The van der Waals surface area contributed by atoms with Crippen LogP contribution >= 0.6 is 27.5 Å². The fourth-order valence-electron chi connectivity index (χ4n) is 2.23. The molecule has 1 aromatic heterocycles. The summed E-state index contributed by atoms with van der Waals surface area (Å²) in [5, 5.41) is 10.1. The van der Waals surface area contributed by atoms with Crippen molar-refractivity contribution in [2.24, 2.45) is 0 Å². The van der Waals surface area contributed by atoms with Crippen molar-refractivity contribution in [3.8, 4) is 28.5 Å². The second kappa shape index (κ2) is 6.31. The largest absolute Gasteiger partial charge is 0.239 e. The molecule has 0 spiro atoms. The Hall–Kier alpha value is -2.15. The van der Waals surface area contributed by atoms with Crippen molar-refractivity contribution in [1.29, 1.82) is 5.26 Å². The highest BCUT2D eigenvalue weighted by Crippen LogP contribution is 2.32. The summed E-state index contributed by atoms with van der Waals surface area (Å²) in [4.78, 5) is 4.49. The van der Waals surface area contributed by atoms with E-state index < -0.39 is 0 Å². The van der Waals surface area contributed by atoms with E-state index in [1.54, 1.807) is 0 Å². The lowest BCUT2D eigenvalue weighted by atomic mass is 9.99. The maximum Gasteiger partial charge on any atom is 0.125 e. The number of rotatable bonds is 2. The highest BCUT2D eigenvalue weighted by Gasteiger charge is 2.13. The maximum atomic E-state index is 9.43. The maximum absolute atomic E-state index is 9.43. The van der Waals surface area contributed by atoms with Gasteiger partial charge in [-0.2, -0.15) is 5.26 Å². The van der Waals surface area contributed by atoms with E-state index in [-0.39, 0.29) is 0 Å². The monoisotopic (exact) mass is 368 g/mol. The molecule has 1 heterocycles. The van der Waals surface area contributed by atoms with Gasteiger partial charge < -0.3 is 0 Å². The molecule has 0 saturated heterocycles. The first-order chi connectivity index (χ1) is 10.7. The molecule has 0 N–H and O–H groups in total. The van der Waals surface area contributed by atoms with Crippen LogP contribution in [0.15, 0.2) is 65.3 Å².